The van der Waals surface area contributed by atoms with E-state index in [-0.39, 0.29) is 0 Å². The first-order valence-corrected chi connectivity index (χ1v) is 6.37. The molecule has 2 rings (SSSR count). The van der Waals surface area contributed by atoms with Crippen LogP contribution in [0.1, 0.15) is 18.2 Å². The van der Waals surface area contributed by atoms with Crippen molar-refractivity contribution in [1.29, 1.82) is 0 Å². The Balaban J connectivity index is 2.38. The predicted molar refractivity (Wildman–Crippen MR) is 71.2 cm³/mol. The van der Waals surface area contributed by atoms with Gasteiger partial charge in [-0.1, -0.05) is 6.92 Å². The number of nitrogens with zero attached hydrogens (tertiary/aromatic N) is 3. The molecule has 0 atom stereocenters. The van der Waals surface area contributed by atoms with Crippen molar-refractivity contribution in [1.82, 2.24) is 20.1 Å². The minimum atomic E-state index is 0.789. The Labute approximate surface area is 109 Å². The molecule has 4 nitrogen and oxygen atoms in total. The SMILES string of the molecule is CCNCc1cc(Br)cnc1-n1ccc(C)n1. The zero-order chi connectivity index (χ0) is 12.3. The smallest absolute Gasteiger partial charge is 0.157 e. The van der Waals surface area contributed by atoms with Crippen molar-refractivity contribution in [2.45, 2.75) is 20.4 Å². The average molecular weight is 295 g/mol. The fourth-order valence-corrected chi connectivity index (χ4v) is 1.98. The number of aromatic nitrogens is 3. The fraction of sp³-hybridized carbons (Fsp3) is 0.333. The first kappa shape index (κ1) is 12.3. The van der Waals surface area contributed by atoms with Crippen LogP contribution in [0.4, 0.5) is 0 Å². The summed E-state index contributed by atoms with van der Waals surface area (Å²) in [4.78, 5) is 4.43. The van der Waals surface area contributed by atoms with Gasteiger partial charge in [0, 0.05) is 29.0 Å². The van der Waals surface area contributed by atoms with Crippen LogP contribution in [0.15, 0.2) is 29.0 Å². The molecule has 0 aliphatic heterocycles. The molecule has 1 N–H and O–H groups in total. The summed E-state index contributed by atoms with van der Waals surface area (Å²) >= 11 is 3.45. The summed E-state index contributed by atoms with van der Waals surface area (Å²) in [6.45, 7) is 5.78. The third-order valence-corrected chi connectivity index (χ3v) is 2.85. The Morgan fingerprint density at radius 3 is 2.94 bits per heavy atom. The summed E-state index contributed by atoms with van der Waals surface area (Å²) in [6.07, 6.45) is 3.73. The number of pyridine rings is 1. The molecule has 0 unspecified atom stereocenters. The normalized spacial score (nSPS) is 10.8. The van der Waals surface area contributed by atoms with Crippen LogP contribution in [0, 0.1) is 6.92 Å². The quantitative estimate of drug-likeness (QED) is 0.942. The number of halogens is 1. The van der Waals surface area contributed by atoms with Gasteiger partial charge in [0.1, 0.15) is 0 Å². The van der Waals surface area contributed by atoms with E-state index in [0.29, 0.717) is 0 Å². The molecule has 0 saturated carbocycles. The predicted octanol–water partition coefficient (Wildman–Crippen LogP) is 2.45. The fourth-order valence-electron chi connectivity index (χ4n) is 1.60. The van der Waals surface area contributed by atoms with Gasteiger partial charge < -0.3 is 5.32 Å². The van der Waals surface area contributed by atoms with E-state index in [2.05, 4.69) is 44.3 Å². The molecule has 0 fully saturated rings. The Morgan fingerprint density at radius 1 is 1.47 bits per heavy atom. The molecular weight excluding hydrogens is 280 g/mol. The summed E-state index contributed by atoms with van der Waals surface area (Å²) in [7, 11) is 0. The summed E-state index contributed by atoms with van der Waals surface area (Å²) in [6, 6.07) is 4.04. The van der Waals surface area contributed by atoms with Crippen LogP contribution in [-0.2, 0) is 6.54 Å². The highest BCUT2D eigenvalue weighted by atomic mass is 79.9. The van der Waals surface area contributed by atoms with Crippen molar-refractivity contribution in [2.24, 2.45) is 0 Å². The van der Waals surface area contributed by atoms with Gasteiger partial charge in [-0.05, 0) is 41.5 Å². The zero-order valence-electron chi connectivity index (χ0n) is 9.94. The monoisotopic (exact) mass is 294 g/mol. The maximum absolute atomic E-state index is 4.43. The van der Waals surface area contributed by atoms with Gasteiger partial charge in [0.15, 0.2) is 5.82 Å². The topological polar surface area (TPSA) is 42.7 Å². The first-order valence-electron chi connectivity index (χ1n) is 5.58. The van der Waals surface area contributed by atoms with E-state index in [4.69, 9.17) is 0 Å². The maximum atomic E-state index is 4.43. The molecule has 0 spiro atoms. The van der Waals surface area contributed by atoms with E-state index in [9.17, 15) is 0 Å². The summed E-state index contributed by atoms with van der Waals surface area (Å²) in [5.41, 5.74) is 2.12. The molecule has 17 heavy (non-hydrogen) atoms. The first-order chi connectivity index (χ1) is 8.20. The maximum Gasteiger partial charge on any atom is 0.157 e. The summed E-state index contributed by atoms with van der Waals surface area (Å²) in [5.74, 6) is 0.877. The van der Waals surface area contributed by atoms with Crippen LogP contribution in [0.3, 0.4) is 0 Å². The van der Waals surface area contributed by atoms with Crippen molar-refractivity contribution in [3.05, 3.63) is 40.3 Å². The molecule has 2 heterocycles. The third kappa shape index (κ3) is 2.92. The largest absolute Gasteiger partial charge is 0.313 e. The van der Waals surface area contributed by atoms with Crippen LogP contribution < -0.4 is 5.32 Å². The standard InChI is InChI=1S/C12H15BrN4/c1-3-14-7-10-6-11(13)8-15-12(10)17-5-4-9(2)16-17/h4-6,8,14H,3,7H2,1-2H3. The lowest BCUT2D eigenvalue weighted by atomic mass is 10.2. The molecule has 5 heteroatoms. The van der Waals surface area contributed by atoms with Crippen molar-refractivity contribution in [3.8, 4) is 5.82 Å². The Hall–Kier alpha value is -1.20. The minimum absolute atomic E-state index is 0.789. The van der Waals surface area contributed by atoms with E-state index in [1.165, 1.54) is 0 Å². The molecule has 0 saturated heterocycles. The minimum Gasteiger partial charge on any atom is -0.313 e. The average Bonchev–Trinajstić information content (AvgIpc) is 2.73. The third-order valence-electron chi connectivity index (χ3n) is 2.41. The van der Waals surface area contributed by atoms with Crippen molar-refractivity contribution < 1.29 is 0 Å². The van der Waals surface area contributed by atoms with E-state index in [1.807, 2.05) is 23.9 Å². The molecule has 0 amide bonds. The molecule has 2 aromatic rings. The van der Waals surface area contributed by atoms with Gasteiger partial charge in [0.05, 0.1) is 5.69 Å². The summed E-state index contributed by atoms with van der Waals surface area (Å²) < 4.78 is 2.80. The van der Waals surface area contributed by atoms with Crippen LogP contribution in [0.5, 0.6) is 0 Å². The molecule has 0 aliphatic rings. The van der Waals surface area contributed by atoms with Crippen molar-refractivity contribution in [3.63, 3.8) is 0 Å². The number of rotatable bonds is 4. The van der Waals surface area contributed by atoms with Gasteiger partial charge in [-0.2, -0.15) is 5.10 Å². The number of hydrogen-bond acceptors (Lipinski definition) is 3. The van der Waals surface area contributed by atoms with E-state index in [0.717, 1.165) is 34.6 Å². The molecule has 90 valence electrons. The zero-order valence-corrected chi connectivity index (χ0v) is 11.5. The van der Waals surface area contributed by atoms with Gasteiger partial charge in [-0.25, -0.2) is 9.67 Å². The lowest BCUT2D eigenvalue weighted by Gasteiger charge is -2.09. The number of hydrogen-bond donors (Lipinski definition) is 1. The summed E-state index contributed by atoms with van der Waals surface area (Å²) in [5, 5.41) is 7.70. The highest BCUT2D eigenvalue weighted by molar-refractivity contribution is 9.10. The molecule has 0 radical (unpaired) electrons. The number of nitrogens with one attached hydrogen (secondary N) is 1. The van der Waals surface area contributed by atoms with Gasteiger partial charge in [-0.3, -0.25) is 0 Å². The Morgan fingerprint density at radius 2 is 2.29 bits per heavy atom. The van der Waals surface area contributed by atoms with E-state index < -0.39 is 0 Å². The molecule has 0 aliphatic carbocycles. The lowest BCUT2D eigenvalue weighted by molar-refractivity contribution is 0.708. The molecule has 2 aromatic heterocycles. The number of aryl methyl sites for hydroxylation is 1. The van der Waals surface area contributed by atoms with Gasteiger partial charge in [0.2, 0.25) is 0 Å². The second-order valence-electron chi connectivity index (χ2n) is 3.82. The Bertz CT molecular complexity index is 507. The van der Waals surface area contributed by atoms with Crippen LogP contribution >= 0.6 is 15.9 Å². The highest BCUT2D eigenvalue weighted by Crippen LogP contribution is 2.17. The van der Waals surface area contributed by atoms with Gasteiger partial charge in [0.25, 0.3) is 0 Å². The van der Waals surface area contributed by atoms with E-state index >= 15 is 0 Å². The molecule has 0 bridgehead atoms. The lowest BCUT2D eigenvalue weighted by Crippen LogP contribution is -2.15. The van der Waals surface area contributed by atoms with Gasteiger partial charge in [-0.15, -0.1) is 0 Å². The Kier molecular flexibility index (Phi) is 3.91. The molecular formula is C12H15BrN4. The van der Waals surface area contributed by atoms with Crippen molar-refractivity contribution >= 4 is 15.9 Å². The van der Waals surface area contributed by atoms with Gasteiger partial charge >= 0.3 is 0 Å². The highest BCUT2D eigenvalue weighted by Gasteiger charge is 2.07. The van der Waals surface area contributed by atoms with E-state index in [1.54, 1.807) is 6.20 Å². The van der Waals surface area contributed by atoms with Crippen LogP contribution in [0.2, 0.25) is 0 Å². The van der Waals surface area contributed by atoms with Crippen molar-refractivity contribution in [2.75, 3.05) is 6.54 Å². The van der Waals surface area contributed by atoms with Crippen LogP contribution in [0.25, 0.3) is 5.82 Å². The molecule has 0 aromatic carbocycles. The van der Waals surface area contributed by atoms with Crippen LogP contribution in [-0.4, -0.2) is 21.3 Å². The second kappa shape index (κ2) is 5.42. The second-order valence-corrected chi connectivity index (χ2v) is 4.73.